The van der Waals surface area contributed by atoms with Crippen LogP contribution in [0.1, 0.15) is 43.7 Å². The SMILES string of the molecule is CNC(=O)C(CCC=O)n1c(=O)n(C)c2c(CCCN3CCOC4(CCN(C)CC4)C3)cccc21. The third-order valence-corrected chi connectivity index (χ3v) is 7.75. The lowest BCUT2D eigenvalue weighted by Gasteiger charge is -2.46. The summed E-state index contributed by atoms with van der Waals surface area (Å²) in [5.74, 6) is -0.262. The van der Waals surface area contributed by atoms with E-state index in [1.54, 1.807) is 23.2 Å². The van der Waals surface area contributed by atoms with Gasteiger partial charge in [0.05, 0.1) is 23.2 Å². The number of para-hydroxylation sites is 1. The van der Waals surface area contributed by atoms with Crippen LogP contribution in [0.25, 0.3) is 11.0 Å². The minimum Gasteiger partial charge on any atom is -0.372 e. The van der Waals surface area contributed by atoms with Crippen LogP contribution in [-0.2, 0) is 27.8 Å². The molecule has 3 heterocycles. The van der Waals surface area contributed by atoms with Gasteiger partial charge in [0.1, 0.15) is 12.3 Å². The number of piperidine rings is 1. The topological polar surface area (TPSA) is 88.8 Å². The molecule has 1 unspecified atom stereocenters. The zero-order valence-electron chi connectivity index (χ0n) is 21.3. The summed E-state index contributed by atoms with van der Waals surface area (Å²) in [6.45, 7) is 5.91. The molecule has 9 heteroatoms. The number of nitrogens with one attached hydrogen (secondary N) is 1. The van der Waals surface area contributed by atoms with Crippen molar-refractivity contribution >= 4 is 23.2 Å². The summed E-state index contributed by atoms with van der Waals surface area (Å²) in [4.78, 5) is 41.7. The van der Waals surface area contributed by atoms with Crippen molar-refractivity contribution < 1.29 is 14.3 Å². The Labute approximate surface area is 207 Å². The molecule has 0 radical (unpaired) electrons. The van der Waals surface area contributed by atoms with E-state index in [1.165, 1.54) is 0 Å². The quantitative estimate of drug-likeness (QED) is 0.539. The Hall–Kier alpha value is -2.49. The molecule has 9 nitrogen and oxygen atoms in total. The second kappa shape index (κ2) is 11.1. The second-order valence-electron chi connectivity index (χ2n) is 10.1. The number of hydrogen-bond donors (Lipinski definition) is 1. The highest BCUT2D eigenvalue weighted by Gasteiger charge is 2.38. The fourth-order valence-corrected chi connectivity index (χ4v) is 5.73. The predicted octanol–water partition coefficient (Wildman–Crippen LogP) is 1.34. The van der Waals surface area contributed by atoms with Gasteiger partial charge in [0.15, 0.2) is 0 Å². The van der Waals surface area contributed by atoms with Crippen LogP contribution in [0.5, 0.6) is 0 Å². The molecule has 0 bridgehead atoms. The number of carbonyl (C=O) groups excluding carboxylic acids is 2. The van der Waals surface area contributed by atoms with Gasteiger partial charge in [-0.2, -0.15) is 0 Å². The third-order valence-electron chi connectivity index (χ3n) is 7.75. The second-order valence-corrected chi connectivity index (χ2v) is 10.1. The number of morpholine rings is 1. The first-order valence-corrected chi connectivity index (χ1v) is 12.8. The van der Waals surface area contributed by atoms with E-state index >= 15 is 0 Å². The Kier molecular flexibility index (Phi) is 8.09. The van der Waals surface area contributed by atoms with Crippen LogP contribution in [0.3, 0.4) is 0 Å². The maximum absolute atomic E-state index is 13.2. The van der Waals surface area contributed by atoms with Gasteiger partial charge in [0, 0.05) is 46.7 Å². The number of aryl methyl sites for hydroxylation is 2. The molecule has 1 aromatic heterocycles. The van der Waals surface area contributed by atoms with Gasteiger partial charge >= 0.3 is 5.69 Å². The van der Waals surface area contributed by atoms with Gasteiger partial charge in [-0.15, -0.1) is 0 Å². The van der Waals surface area contributed by atoms with Gasteiger partial charge in [-0.05, 0) is 57.3 Å². The molecule has 4 rings (SSSR count). The molecule has 2 fully saturated rings. The van der Waals surface area contributed by atoms with E-state index in [2.05, 4.69) is 28.2 Å². The Balaban J connectivity index is 1.49. The third kappa shape index (κ3) is 5.37. The number of aldehydes is 1. The van der Waals surface area contributed by atoms with Gasteiger partial charge in [-0.25, -0.2) is 4.79 Å². The van der Waals surface area contributed by atoms with Crippen molar-refractivity contribution in [1.29, 1.82) is 0 Å². The Morgan fingerprint density at radius 2 is 2.00 bits per heavy atom. The lowest BCUT2D eigenvalue weighted by atomic mass is 9.89. The number of nitrogens with zero attached hydrogens (tertiary/aromatic N) is 4. The number of ether oxygens (including phenoxy) is 1. The number of likely N-dealkylation sites (tertiary alicyclic amines) is 1. The average Bonchev–Trinajstić information content (AvgIpc) is 3.12. The van der Waals surface area contributed by atoms with Crippen LogP contribution < -0.4 is 11.0 Å². The van der Waals surface area contributed by atoms with E-state index in [4.69, 9.17) is 4.74 Å². The zero-order chi connectivity index (χ0) is 25.0. The summed E-state index contributed by atoms with van der Waals surface area (Å²) in [6, 6.07) is 5.21. The summed E-state index contributed by atoms with van der Waals surface area (Å²) in [5, 5.41) is 2.64. The minimum absolute atomic E-state index is 0.00226. The first-order valence-electron chi connectivity index (χ1n) is 12.8. The van der Waals surface area contributed by atoms with Crippen LogP contribution >= 0.6 is 0 Å². The number of benzene rings is 1. The van der Waals surface area contributed by atoms with Crippen molar-refractivity contribution in [2.75, 3.05) is 53.4 Å². The fourth-order valence-electron chi connectivity index (χ4n) is 5.73. The highest BCUT2D eigenvalue weighted by molar-refractivity contribution is 5.85. The fraction of sp³-hybridized carbons (Fsp3) is 0.654. The first kappa shape index (κ1) is 25.6. The molecule has 1 atom stereocenters. The molecule has 1 N–H and O–H groups in total. The number of aromatic nitrogens is 2. The molecule has 0 saturated carbocycles. The van der Waals surface area contributed by atoms with Gasteiger partial charge in [0.25, 0.3) is 0 Å². The predicted molar refractivity (Wildman–Crippen MR) is 136 cm³/mol. The molecule has 1 aromatic carbocycles. The highest BCUT2D eigenvalue weighted by Crippen LogP contribution is 2.30. The van der Waals surface area contributed by atoms with Crippen molar-refractivity contribution in [3.8, 4) is 0 Å². The van der Waals surface area contributed by atoms with E-state index in [0.717, 1.165) is 87.9 Å². The van der Waals surface area contributed by atoms with E-state index in [1.807, 2.05) is 12.1 Å². The Morgan fingerprint density at radius 3 is 2.71 bits per heavy atom. The smallest absolute Gasteiger partial charge is 0.329 e. The number of rotatable bonds is 9. The normalized spacial score (nSPS) is 19.7. The Morgan fingerprint density at radius 1 is 1.23 bits per heavy atom. The van der Waals surface area contributed by atoms with Crippen LogP contribution in [0.4, 0.5) is 0 Å². The number of likely N-dealkylation sites (N-methyl/N-ethyl adjacent to an activating group) is 1. The zero-order valence-corrected chi connectivity index (χ0v) is 21.3. The van der Waals surface area contributed by atoms with Crippen molar-refractivity contribution in [1.82, 2.24) is 24.3 Å². The minimum atomic E-state index is -0.712. The van der Waals surface area contributed by atoms with Crippen LogP contribution in [0.15, 0.2) is 23.0 Å². The van der Waals surface area contributed by atoms with Gasteiger partial charge in [-0.1, -0.05) is 12.1 Å². The lowest BCUT2D eigenvalue weighted by molar-refractivity contribution is -0.133. The molecule has 1 amide bonds. The summed E-state index contributed by atoms with van der Waals surface area (Å²) >= 11 is 0. The molecule has 2 aliphatic rings. The van der Waals surface area contributed by atoms with Crippen molar-refractivity contribution in [2.45, 2.75) is 50.2 Å². The monoisotopic (exact) mass is 485 g/mol. The van der Waals surface area contributed by atoms with Crippen molar-refractivity contribution in [3.05, 3.63) is 34.2 Å². The van der Waals surface area contributed by atoms with Crippen molar-refractivity contribution in [3.63, 3.8) is 0 Å². The molecular weight excluding hydrogens is 446 g/mol. The van der Waals surface area contributed by atoms with Crippen molar-refractivity contribution in [2.24, 2.45) is 7.05 Å². The maximum atomic E-state index is 13.2. The number of carbonyl (C=O) groups is 2. The lowest BCUT2D eigenvalue weighted by Crippen LogP contribution is -2.56. The number of fused-ring (bicyclic) bond motifs is 1. The number of imidazole rings is 1. The summed E-state index contributed by atoms with van der Waals surface area (Å²) in [6.07, 6.45) is 5.31. The standard InChI is InChI=1S/C26H39N5O4/c1-27-24(33)22(10-6-17-32)31-21-9-4-7-20(23(21)29(3)25(31)34)8-5-13-30-16-18-35-26(19-30)11-14-28(2)15-12-26/h4,7,9,17,22H,5-6,8,10-16,18-19H2,1-3H3,(H,27,33). The largest absolute Gasteiger partial charge is 0.372 e. The molecule has 0 aliphatic carbocycles. The Bertz CT molecular complexity index is 1100. The summed E-state index contributed by atoms with van der Waals surface area (Å²) in [5.41, 5.74) is 2.48. The summed E-state index contributed by atoms with van der Waals surface area (Å²) < 4.78 is 9.45. The van der Waals surface area contributed by atoms with E-state index in [9.17, 15) is 14.4 Å². The number of amides is 1. The average molecular weight is 486 g/mol. The molecule has 2 saturated heterocycles. The molecular formula is C26H39N5O4. The molecule has 192 valence electrons. The van der Waals surface area contributed by atoms with Gasteiger partial charge in [0.2, 0.25) is 5.91 Å². The molecule has 2 aromatic rings. The maximum Gasteiger partial charge on any atom is 0.329 e. The van der Waals surface area contributed by atoms with E-state index in [0.29, 0.717) is 6.42 Å². The van der Waals surface area contributed by atoms with E-state index in [-0.39, 0.29) is 23.6 Å². The molecule has 35 heavy (non-hydrogen) atoms. The highest BCUT2D eigenvalue weighted by atomic mass is 16.5. The van der Waals surface area contributed by atoms with E-state index < -0.39 is 6.04 Å². The number of hydrogen-bond acceptors (Lipinski definition) is 6. The van der Waals surface area contributed by atoms with Crippen LogP contribution in [-0.4, -0.2) is 90.2 Å². The molecule has 2 aliphatic heterocycles. The first-order chi connectivity index (χ1) is 16.9. The van der Waals surface area contributed by atoms with Crippen LogP contribution in [0, 0.1) is 0 Å². The van der Waals surface area contributed by atoms with Gasteiger partial charge in [-0.3, -0.25) is 18.8 Å². The van der Waals surface area contributed by atoms with Crippen LogP contribution in [0.2, 0.25) is 0 Å². The summed E-state index contributed by atoms with van der Waals surface area (Å²) in [7, 11) is 5.49. The van der Waals surface area contributed by atoms with Gasteiger partial charge < -0.3 is 19.7 Å². The molecule has 1 spiro atoms.